The highest BCUT2D eigenvalue weighted by Crippen LogP contribution is 2.19. The van der Waals surface area contributed by atoms with E-state index in [1.165, 1.54) is 18.2 Å². The van der Waals surface area contributed by atoms with Crippen LogP contribution in [0.15, 0.2) is 24.3 Å². The molecule has 1 aromatic carbocycles. The van der Waals surface area contributed by atoms with E-state index >= 15 is 0 Å². The Bertz CT molecular complexity index is 606. The number of anilines is 2. The fourth-order valence-corrected chi connectivity index (χ4v) is 1.62. The summed E-state index contributed by atoms with van der Waals surface area (Å²) in [7, 11) is 0. The number of benzene rings is 1. The summed E-state index contributed by atoms with van der Waals surface area (Å²) in [5, 5.41) is 9.36. The molecule has 0 bridgehead atoms. The number of nitrogens with zero attached hydrogens (tertiary/aromatic N) is 1. The second-order valence-corrected chi connectivity index (χ2v) is 4.52. The van der Waals surface area contributed by atoms with Crippen molar-refractivity contribution in [3.8, 4) is 0 Å². The van der Waals surface area contributed by atoms with E-state index in [9.17, 15) is 9.18 Å². The van der Waals surface area contributed by atoms with Crippen molar-refractivity contribution in [1.82, 2.24) is 10.2 Å². The van der Waals surface area contributed by atoms with Gasteiger partial charge in [0.2, 0.25) is 0 Å². The van der Waals surface area contributed by atoms with Crippen molar-refractivity contribution in [3.05, 3.63) is 41.3 Å². The predicted octanol–water partition coefficient (Wildman–Crippen LogP) is 2.51. The molecule has 0 aliphatic carbocycles. The van der Waals surface area contributed by atoms with Crippen molar-refractivity contribution >= 4 is 17.4 Å². The third kappa shape index (κ3) is 2.73. The molecule has 0 radical (unpaired) electrons. The average Bonchev–Trinajstić information content (AvgIpc) is 2.81. The second kappa shape index (κ2) is 5.09. The number of carbonyl (C=O) groups excluding carboxylic acids is 1. The van der Waals surface area contributed by atoms with Crippen LogP contribution in [-0.2, 0) is 0 Å². The number of hydrogen-bond acceptors (Lipinski definition) is 3. The number of H-pyrrole nitrogens is 1. The van der Waals surface area contributed by atoms with Gasteiger partial charge in [-0.1, -0.05) is 19.9 Å². The van der Waals surface area contributed by atoms with Crippen molar-refractivity contribution in [1.29, 1.82) is 0 Å². The van der Waals surface area contributed by atoms with E-state index in [0.717, 1.165) is 5.69 Å². The maximum absolute atomic E-state index is 13.3. The summed E-state index contributed by atoms with van der Waals surface area (Å²) >= 11 is 0. The Hall–Kier alpha value is -2.37. The molecule has 5 nitrogen and oxygen atoms in total. The van der Waals surface area contributed by atoms with Gasteiger partial charge in [-0.3, -0.25) is 9.89 Å². The summed E-state index contributed by atoms with van der Waals surface area (Å²) < 4.78 is 13.3. The Morgan fingerprint density at radius 3 is 2.84 bits per heavy atom. The minimum atomic E-state index is -0.613. The van der Waals surface area contributed by atoms with Crippen LogP contribution in [0.2, 0.25) is 0 Å². The number of carbonyl (C=O) groups is 1. The largest absolute Gasteiger partial charge is 0.396 e. The van der Waals surface area contributed by atoms with E-state index in [4.69, 9.17) is 5.73 Å². The van der Waals surface area contributed by atoms with E-state index in [1.54, 1.807) is 6.07 Å². The van der Waals surface area contributed by atoms with Gasteiger partial charge in [-0.25, -0.2) is 4.39 Å². The van der Waals surface area contributed by atoms with Gasteiger partial charge in [-0.2, -0.15) is 5.10 Å². The van der Waals surface area contributed by atoms with Crippen LogP contribution in [0.1, 0.15) is 35.8 Å². The Morgan fingerprint density at radius 2 is 2.21 bits per heavy atom. The summed E-state index contributed by atoms with van der Waals surface area (Å²) in [6.07, 6.45) is 0. The molecule has 0 aliphatic heterocycles. The van der Waals surface area contributed by atoms with Crippen LogP contribution < -0.4 is 11.1 Å². The standard InChI is InChI=1S/C13H15FN4O/c1-7(2)10-6-11(18-17-10)16-13(19)8-4-3-5-9(14)12(8)15/h3-7H,15H2,1-2H3,(H2,16,17,18,19). The lowest BCUT2D eigenvalue weighted by Gasteiger charge is -2.05. The maximum atomic E-state index is 13.3. The number of aromatic amines is 1. The first-order chi connectivity index (χ1) is 8.99. The molecular formula is C13H15FN4O. The zero-order valence-electron chi connectivity index (χ0n) is 10.7. The lowest BCUT2D eigenvalue weighted by molar-refractivity contribution is 0.102. The number of amides is 1. The number of halogens is 1. The Labute approximate surface area is 110 Å². The van der Waals surface area contributed by atoms with E-state index in [1.807, 2.05) is 13.8 Å². The second-order valence-electron chi connectivity index (χ2n) is 4.52. The number of aromatic nitrogens is 2. The van der Waals surface area contributed by atoms with E-state index < -0.39 is 11.7 Å². The summed E-state index contributed by atoms with van der Waals surface area (Å²) in [4.78, 5) is 12.0. The molecule has 0 fully saturated rings. The number of rotatable bonds is 3. The molecule has 1 aromatic heterocycles. The lowest BCUT2D eigenvalue weighted by atomic mass is 10.1. The Morgan fingerprint density at radius 1 is 1.47 bits per heavy atom. The zero-order valence-corrected chi connectivity index (χ0v) is 10.7. The van der Waals surface area contributed by atoms with Crippen LogP contribution in [0.5, 0.6) is 0 Å². The molecular weight excluding hydrogens is 247 g/mol. The highest BCUT2D eigenvalue weighted by atomic mass is 19.1. The molecule has 0 saturated heterocycles. The summed E-state index contributed by atoms with van der Waals surface area (Å²) in [6, 6.07) is 5.84. The molecule has 2 aromatic rings. The van der Waals surface area contributed by atoms with Crippen LogP contribution in [0.25, 0.3) is 0 Å². The van der Waals surface area contributed by atoms with Crippen LogP contribution in [0, 0.1) is 5.82 Å². The molecule has 6 heteroatoms. The molecule has 1 amide bonds. The lowest BCUT2D eigenvalue weighted by Crippen LogP contribution is -2.15. The zero-order chi connectivity index (χ0) is 14.0. The van der Waals surface area contributed by atoms with Crippen molar-refractivity contribution in [3.63, 3.8) is 0 Å². The number of nitrogen functional groups attached to an aromatic ring is 1. The van der Waals surface area contributed by atoms with Gasteiger partial charge in [0.25, 0.3) is 5.91 Å². The van der Waals surface area contributed by atoms with Crippen LogP contribution >= 0.6 is 0 Å². The molecule has 2 rings (SSSR count). The summed E-state index contributed by atoms with van der Waals surface area (Å²) in [5.41, 5.74) is 6.36. The number of hydrogen-bond donors (Lipinski definition) is 3. The van der Waals surface area contributed by atoms with Gasteiger partial charge in [0.1, 0.15) is 5.82 Å². The molecule has 0 saturated carbocycles. The topological polar surface area (TPSA) is 83.8 Å². The summed E-state index contributed by atoms with van der Waals surface area (Å²) in [5.74, 6) is -0.439. The molecule has 19 heavy (non-hydrogen) atoms. The number of nitrogens with one attached hydrogen (secondary N) is 2. The number of para-hydroxylation sites is 1. The van der Waals surface area contributed by atoms with E-state index in [-0.39, 0.29) is 17.2 Å². The van der Waals surface area contributed by atoms with Gasteiger partial charge in [0, 0.05) is 11.8 Å². The predicted molar refractivity (Wildman–Crippen MR) is 71.4 cm³/mol. The summed E-state index contributed by atoms with van der Waals surface area (Å²) in [6.45, 7) is 4.01. The van der Waals surface area contributed by atoms with Crippen molar-refractivity contribution in [2.24, 2.45) is 0 Å². The normalized spacial score (nSPS) is 10.7. The van der Waals surface area contributed by atoms with Crippen LogP contribution in [-0.4, -0.2) is 16.1 Å². The first kappa shape index (κ1) is 13.1. The SMILES string of the molecule is CC(C)c1cc(NC(=O)c2cccc(F)c2N)n[nH]1. The minimum Gasteiger partial charge on any atom is -0.396 e. The minimum absolute atomic E-state index is 0.0918. The van der Waals surface area contributed by atoms with E-state index in [2.05, 4.69) is 15.5 Å². The Balaban J connectivity index is 2.18. The fourth-order valence-electron chi connectivity index (χ4n) is 1.62. The third-order valence-electron chi connectivity index (χ3n) is 2.76. The molecule has 1 heterocycles. The molecule has 4 N–H and O–H groups in total. The van der Waals surface area contributed by atoms with Crippen molar-refractivity contribution in [2.75, 3.05) is 11.1 Å². The van der Waals surface area contributed by atoms with Gasteiger partial charge in [0.15, 0.2) is 5.82 Å². The van der Waals surface area contributed by atoms with Crippen molar-refractivity contribution < 1.29 is 9.18 Å². The first-order valence-electron chi connectivity index (χ1n) is 5.89. The van der Waals surface area contributed by atoms with Crippen LogP contribution in [0.3, 0.4) is 0 Å². The molecule has 0 aliphatic rings. The quantitative estimate of drug-likeness (QED) is 0.743. The molecule has 0 atom stereocenters. The first-order valence-corrected chi connectivity index (χ1v) is 5.89. The average molecular weight is 262 g/mol. The molecule has 0 unspecified atom stereocenters. The highest BCUT2D eigenvalue weighted by Gasteiger charge is 2.14. The van der Waals surface area contributed by atoms with E-state index in [0.29, 0.717) is 5.82 Å². The molecule has 100 valence electrons. The maximum Gasteiger partial charge on any atom is 0.259 e. The van der Waals surface area contributed by atoms with Gasteiger partial charge in [0.05, 0.1) is 11.3 Å². The van der Waals surface area contributed by atoms with Crippen LogP contribution in [0.4, 0.5) is 15.9 Å². The van der Waals surface area contributed by atoms with Gasteiger partial charge < -0.3 is 11.1 Å². The van der Waals surface area contributed by atoms with Gasteiger partial charge in [-0.05, 0) is 18.1 Å². The van der Waals surface area contributed by atoms with Gasteiger partial charge in [-0.15, -0.1) is 0 Å². The molecule has 0 spiro atoms. The number of nitrogens with two attached hydrogens (primary N) is 1. The third-order valence-corrected chi connectivity index (χ3v) is 2.76. The smallest absolute Gasteiger partial charge is 0.259 e. The Kier molecular flexibility index (Phi) is 3.50. The van der Waals surface area contributed by atoms with Crippen molar-refractivity contribution in [2.45, 2.75) is 19.8 Å². The van der Waals surface area contributed by atoms with Gasteiger partial charge >= 0.3 is 0 Å². The monoisotopic (exact) mass is 262 g/mol. The fraction of sp³-hybridized carbons (Fsp3) is 0.231. The highest BCUT2D eigenvalue weighted by molar-refractivity contribution is 6.07.